The Morgan fingerprint density at radius 1 is 1.03 bits per heavy atom. The highest BCUT2D eigenvalue weighted by Gasteiger charge is 2.19. The molecule has 1 aromatic heterocycles. The number of halogens is 1. The highest BCUT2D eigenvalue weighted by molar-refractivity contribution is 6.31. The van der Waals surface area contributed by atoms with Crippen molar-refractivity contribution >= 4 is 23.2 Å². The molecule has 2 aromatic carbocycles. The number of carbonyl (C=O) groups is 1. The number of aryl methyl sites for hydroxylation is 1. The van der Waals surface area contributed by atoms with Crippen LogP contribution in [-0.4, -0.2) is 64.5 Å². The average molecular weight is 438 g/mol. The third-order valence-electron chi connectivity index (χ3n) is 5.69. The van der Waals surface area contributed by atoms with Crippen LogP contribution in [0.3, 0.4) is 0 Å². The number of hydrogen-bond donors (Lipinski definition) is 1. The van der Waals surface area contributed by atoms with Crippen LogP contribution in [0, 0.1) is 6.92 Å². The van der Waals surface area contributed by atoms with Gasteiger partial charge in [-0.15, -0.1) is 0 Å². The van der Waals surface area contributed by atoms with E-state index in [0.29, 0.717) is 11.6 Å². The molecule has 0 atom stereocenters. The van der Waals surface area contributed by atoms with Crippen LogP contribution in [-0.2, 0) is 11.3 Å². The summed E-state index contributed by atoms with van der Waals surface area (Å²) < 4.78 is 2.21. The van der Waals surface area contributed by atoms with E-state index in [4.69, 9.17) is 11.6 Å². The van der Waals surface area contributed by atoms with Crippen molar-refractivity contribution in [1.29, 1.82) is 0 Å². The van der Waals surface area contributed by atoms with E-state index in [1.807, 2.05) is 49.6 Å². The summed E-state index contributed by atoms with van der Waals surface area (Å²) in [5, 5.41) is 3.61. The number of amides is 1. The van der Waals surface area contributed by atoms with E-state index < -0.39 is 0 Å². The van der Waals surface area contributed by atoms with Crippen molar-refractivity contribution in [1.82, 2.24) is 19.4 Å². The second-order valence-corrected chi connectivity index (χ2v) is 8.35. The van der Waals surface area contributed by atoms with Crippen LogP contribution in [0.15, 0.2) is 60.9 Å². The molecule has 0 aliphatic carbocycles. The third-order valence-corrected chi connectivity index (χ3v) is 6.10. The number of anilines is 1. The monoisotopic (exact) mass is 437 g/mol. The van der Waals surface area contributed by atoms with E-state index in [1.54, 1.807) is 6.07 Å². The Labute approximate surface area is 188 Å². The summed E-state index contributed by atoms with van der Waals surface area (Å²) >= 11 is 6.14. The topological polar surface area (TPSA) is 53.4 Å². The summed E-state index contributed by atoms with van der Waals surface area (Å²) in [6.07, 6.45) is 3.90. The molecule has 7 heteroatoms. The maximum absolute atomic E-state index is 12.4. The first kappa shape index (κ1) is 21.6. The predicted octanol–water partition coefficient (Wildman–Crippen LogP) is 3.77. The standard InChI is InChI=1S/C24H28ClN5O/c1-19-7-8-21(17-22(19)25)27-23(31)18-29-13-11-28(12-14-29)15-16-30-10-9-26-24(30)20-5-3-2-4-6-20/h2-10,17H,11-16,18H2,1H3,(H,27,31). The molecular weight excluding hydrogens is 410 g/mol. The Morgan fingerprint density at radius 3 is 2.52 bits per heavy atom. The Balaban J connectivity index is 1.22. The van der Waals surface area contributed by atoms with Gasteiger partial charge in [0.05, 0.1) is 6.54 Å². The number of rotatable bonds is 7. The largest absolute Gasteiger partial charge is 0.330 e. The molecule has 162 valence electrons. The van der Waals surface area contributed by atoms with E-state index >= 15 is 0 Å². The van der Waals surface area contributed by atoms with Crippen LogP contribution in [0.4, 0.5) is 5.69 Å². The zero-order chi connectivity index (χ0) is 21.6. The molecule has 0 spiro atoms. The summed E-state index contributed by atoms with van der Waals surface area (Å²) in [5.41, 5.74) is 2.88. The van der Waals surface area contributed by atoms with Crippen LogP contribution in [0.5, 0.6) is 0 Å². The van der Waals surface area contributed by atoms with Gasteiger partial charge in [-0.05, 0) is 24.6 Å². The van der Waals surface area contributed by atoms with Crippen molar-refractivity contribution in [3.05, 3.63) is 71.5 Å². The lowest BCUT2D eigenvalue weighted by molar-refractivity contribution is -0.117. The molecule has 4 rings (SSSR count). The number of benzene rings is 2. The number of nitrogens with one attached hydrogen (secondary N) is 1. The molecule has 0 radical (unpaired) electrons. The molecule has 2 heterocycles. The molecule has 6 nitrogen and oxygen atoms in total. The lowest BCUT2D eigenvalue weighted by atomic mass is 10.2. The Hall–Kier alpha value is -2.67. The highest BCUT2D eigenvalue weighted by Crippen LogP contribution is 2.20. The maximum Gasteiger partial charge on any atom is 0.238 e. The maximum atomic E-state index is 12.4. The van der Waals surface area contributed by atoms with Gasteiger partial charge in [0, 0.05) is 67.9 Å². The first-order chi connectivity index (χ1) is 15.1. The second kappa shape index (κ2) is 10.1. The number of hydrogen-bond acceptors (Lipinski definition) is 4. The second-order valence-electron chi connectivity index (χ2n) is 7.94. The molecule has 0 saturated carbocycles. The van der Waals surface area contributed by atoms with Gasteiger partial charge in [-0.25, -0.2) is 4.98 Å². The fraction of sp³-hybridized carbons (Fsp3) is 0.333. The summed E-state index contributed by atoms with van der Waals surface area (Å²) in [4.78, 5) is 21.6. The number of imidazole rings is 1. The van der Waals surface area contributed by atoms with Crippen molar-refractivity contribution < 1.29 is 4.79 Å². The highest BCUT2D eigenvalue weighted by atomic mass is 35.5. The van der Waals surface area contributed by atoms with E-state index in [-0.39, 0.29) is 5.91 Å². The van der Waals surface area contributed by atoms with Crippen LogP contribution >= 0.6 is 11.6 Å². The number of piperazine rings is 1. The fourth-order valence-corrected chi connectivity index (χ4v) is 4.01. The molecule has 31 heavy (non-hydrogen) atoms. The summed E-state index contributed by atoms with van der Waals surface area (Å²) in [7, 11) is 0. The zero-order valence-electron chi connectivity index (χ0n) is 17.8. The molecule has 0 unspecified atom stereocenters. The van der Waals surface area contributed by atoms with Crippen LogP contribution in [0.1, 0.15) is 5.56 Å². The van der Waals surface area contributed by atoms with E-state index in [2.05, 4.69) is 36.8 Å². The van der Waals surface area contributed by atoms with Crippen LogP contribution < -0.4 is 5.32 Å². The fourth-order valence-electron chi connectivity index (χ4n) is 3.83. The Kier molecular flexibility index (Phi) is 7.02. The number of nitrogens with zero attached hydrogens (tertiary/aromatic N) is 4. The first-order valence-electron chi connectivity index (χ1n) is 10.7. The van der Waals surface area contributed by atoms with Crippen molar-refractivity contribution in [3.63, 3.8) is 0 Å². The summed E-state index contributed by atoms with van der Waals surface area (Å²) in [5.74, 6) is 1.01. The van der Waals surface area contributed by atoms with Gasteiger partial charge in [0.1, 0.15) is 5.82 Å². The number of carbonyl (C=O) groups excluding carboxylic acids is 1. The SMILES string of the molecule is Cc1ccc(NC(=O)CN2CCN(CCn3ccnc3-c3ccccc3)CC2)cc1Cl. The van der Waals surface area contributed by atoms with Gasteiger partial charge >= 0.3 is 0 Å². The van der Waals surface area contributed by atoms with Gasteiger partial charge in [0.15, 0.2) is 0 Å². The average Bonchev–Trinajstić information content (AvgIpc) is 3.25. The molecule has 1 saturated heterocycles. The summed E-state index contributed by atoms with van der Waals surface area (Å²) in [6, 6.07) is 15.9. The Morgan fingerprint density at radius 2 is 1.77 bits per heavy atom. The molecule has 1 amide bonds. The van der Waals surface area contributed by atoms with Gasteiger partial charge in [0.25, 0.3) is 0 Å². The van der Waals surface area contributed by atoms with Crippen LogP contribution in [0.2, 0.25) is 5.02 Å². The molecule has 1 N–H and O–H groups in total. The van der Waals surface area contributed by atoms with Gasteiger partial charge in [-0.2, -0.15) is 0 Å². The van der Waals surface area contributed by atoms with Crippen molar-refractivity contribution in [2.24, 2.45) is 0 Å². The van der Waals surface area contributed by atoms with Gasteiger partial charge in [-0.3, -0.25) is 14.6 Å². The molecule has 3 aromatic rings. The zero-order valence-corrected chi connectivity index (χ0v) is 18.6. The van der Waals surface area contributed by atoms with E-state index in [1.165, 1.54) is 0 Å². The lowest BCUT2D eigenvalue weighted by Crippen LogP contribution is -2.49. The van der Waals surface area contributed by atoms with Crippen molar-refractivity contribution in [2.45, 2.75) is 13.5 Å². The predicted molar refractivity (Wildman–Crippen MR) is 125 cm³/mol. The third kappa shape index (κ3) is 5.73. The molecule has 1 aliphatic rings. The molecule has 1 fully saturated rings. The normalized spacial score (nSPS) is 15.2. The molecular formula is C24H28ClN5O. The van der Waals surface area contributed by atoms with Gasteiger partial charge < -0.3 is 9.88 Å². The van der Waals surface area contributed by atoms with Crippen molar-refractivity contribution in [3.8, 4) is 11.4 Å². The quantitative estimate of drug-likeness (QED) is 0.611. The minimum Gasteiger partial charge on any atom is -0.330 e. The lowest BCUT2D eigenvalue weighted by Gasteiger charge is -2.34. The van der Waals surface area contributed by atoms with E-state index in [0.717, 1.165) is 61.9 Å². The minimum absolute atomic E-state index is 0.000659. The summed E-state index contributed by atoms with van der Waals surface area (Å²) in [6.45, 7) is 7.91. The molecule has 0 bridgehead atoms. The number of aromatic nitrogens is 2. The Bertz CT molecular complexity index is 1010. The van der Waals surface area contributed by atoms with Crippen molar-refractivity contribution in [2.75, 3.05) is 44.6 Å². The smallest absolute Gasteiger partial charge is 0.238 e. The molecule has 1 aliphatic heterocycles. The first-order valence-corrected chi connectivity index (χ1v) is 11.0. The van der Waals surface area contributed by atoms with Gasteiger partial charge in [-0.1, -0.05) is 48.0 Å². The van der Waals surface area contributed by atoms with Gasteiger partial charge in [0.2, 0.25) is 5.91 Å². The minimum atomic E-state index is -0.000659. The van der Waals surface area contributed by atoms with Crippen LogP contribution in [0.25, 0.3) is 11.4 Å². The van der Waals surface area contributed by atoms with E-state index in [9.17, 15) is 4.79 Å².